The average Bonchev–Trinajstić information content (AvgIpc) is 2.06. The molecule has 1 nitrogen and oxygen atoms in total. The van der Waals surface area contributed by atoms with E-state index in [1.165, 1.54) is 6.07 Å². The molecule has 0 aliphatic heterocycles. The predicted octanol–water partition coefficient (Wildman–Crippen LogP) is 3.25. The van der Waals surface area contributed by atoms with E-state index in [4.69, 9.17) is 16.9 Å². The van der Waals surface area contributed by atoms with Gasteiger partial charge in [-0.15, -0.1) is 0 Å². The van der Waals surface area contributed by atoms with Gasteiger partial charge in [-0.05, 0) is 11.6 Å². The molecule has 0 saturated heterocycles. The van der Waals surface area contributed by atoms with Gasteiger partial charge in [0.2, 0.25) is 0 Å². The van der Waals surface area contributed by atoms with E-state index in [1.807, 2.05) is 0 Å². The Kier molecular flexibility index (Phi) is 3.07. The molecule has 0 atom stereocenters. The maximum absolute atomic E-state index is 13.2. The van der Waals surface area contributed by atoms with Crippen LogP contribution in [-0.2, 0) is 5.33 Å². The van der Waals surface area contributed by atoms with Crippen molar-refractivity contribution in [2.75, 3.05) is 0 Å². The molecular formula is C8H4BrClFN. The summed E-state index contributed by atoms with van der Waals surface area (Å²) in [7, 11) is 0. The van der Waals surface area contributed by atoms with Crippen LogP contribution in [0.3, 0.4) is 0 Å². The quantitative estimate of drug-likeness (QED) is 0.700. The number of hydrogen-bond donors (Lipinski definition) is 0. The van der Waals surface area contributed by atoms with Crippen LogP contribution in [0.2, 0.25) is 5.02 Å². The minimum atomic E-state index is -0.540. The minimum absolute atomic E-state index is 0.0892. The molecule has 0 aliphatic rings. The van der Waals surface area contributed by atoms with E-state index in [0.717, 1.165) is 0 Å². The molecule has 0 N–H and O–H groups in total. The molecular weight excluding hydrogens is 244 g/mol. The summed E-state index contributed by atoms with van der Waals surface area (Å²) in [5.74, 6) is -0.540. The van der Waals surface area contributed by atoms with Crippen LogP contribution in [0.1, 0.15) is 11.1 Å². The van der Waals surface area contributed by atoms with E-state index >= 15 is 0 Å². The largest absolute Gasteiger partial charge is 0.205 e. The van der Waals surface area contributed by atoms with Crippen molar-refractivity contribution in [1.29, 1.82) is 5.26 Å². The maximum Gasteiger partial charge on any atom is 0.146 e. The highest BCUT2D eigenvalue weighted by atomic mass is 79.9. The summed E-state index contributed by atoms with van der Waals surface area (Å²) in [6.45, 7) is 0. The van der Waals surface area contributed by atoms with E-state index in [9.17, 15) is 4.39 Å². The van der Waals surface area contributed by atoms with E-state index < -0.39 is 5.82 Å². The maximum atomic E-state index is 13.2. The second kappa shape index (κ2) is 3.88. The molecule has 0 fully saturated rings. The Labute approximate surface area is 82.9 Å². The Morgan fingerprint density at radius 2 is 2.25 bits per heavy atom. The first kappa shape index (κ1) is 9.50. The SMILES string of the molecule is N#Cc1c(Cl)ccc(CBr)c1F. The Morgan fingerprint density at radius 1 is 1.58 bits per heavy atom. The fourth-order valence-electron chi connectivity index (χ4n) is 0.801. The second-order valence-electron chi connectivity index (χ2n) is 2.14. The predicted molar refractivity (Wildman–Crippen MR) is 48.8 cm³/mol. The van der Waals surface area contributed by atoms with Gasteiger partial charge >= 0.3 is 0 Å². The van der Waals surface area contributed by atoms with Crippen LogP contribution in [0.4, 0.5) is 4.39 Å². The Bertz CT molecular complexity index is 346. The van der Waals surface area contributed by atoms with E-state index in [1.54, 1.807) is 12.1 Å². The van der Waals surface area contributed by atoms with Gasteiger partial charge in [0.15, 0.2) is 0 Å². The molecule has 0 radical (unpaired) electrons. The summed E-state index contributed by atoms with van der Waals surface area (Å²) in [5, 5.41) is 9.06. The number of alkyl halides is 1. The van der Waals surface area contributed by atoms with Gasteiger partial charge in [0.05, 0.1) is 5.02 Å². The lowest BCUT2D eigenvalue weighted by atomic mass is 10.1. The third-order valence-electron chi connectivity index (χ3n) is 1.43. The van der Waals surface area contributed by atoms with Gasteiger partial charge in [0, 0.05) is 5.33 Å². The normalized spacial score (nSPS) is 9.50. The third-order valence-corrected chi connectivity index (χ3v) is 2.35. The van der Waals surface area contributed by atoms with Crippen molar-refractivity contribution in [3.05, 3.63) is 34.1 Å². The van der Waals surface area contributed by atoms with Crippen LogP contribution in [0, 0.1) is 17.1 Å². The molecule has 0 saturated carbocycles. The number of hydrogen-bond acceptors (Lipinski definition) is 1. The Hall–Kier alpha value is -0.590. The van der Waals surface area contributed by atoms with Crippen molar-refractivity contribution in [1.82, 2.24) is 0 Å². The van der Waals surface area contributed by atoms with Crippen LogP contribution < -0.4 is 0 Å². The summed E-state index contributed by atoms with van der Waals surface area (Å²) in [6, 6.07) is 4.77. The molecule has 12 heavy (non-hydrogen) atoms. The lowest BCUT2D eigenvalue weighted by Gasteiger charge is -2.01. The van der Waals surface area contributed by atoms with Crippen LogP contribution >= 0.6 is 27.5 Å². The molecule has 1 aromatic carbocycles. The molecule has 0 unspecified atom stereocenters. The average molecular weight is 248 g/mol. The zero-order valence-corrected chi connectivity index (χ0v) is 8.28. The standard InChI is InChI=1S/C8H4BrClFN/c9-3-5-1-2-7(10)6(4-12)8(5)11/h1-2H,3H2. The molecule has 62 valence electrons. The zero-order chi connectivity index (χ0) is 9.14. The molecule has 1 aromatic rings. The molecule has 4 heteroatoms. The fourth-order valence-corrected chi connectivity index (χ4v) is 1.42. The number of rotatable bonds is 1. The van der Waals surface area contributed by atoms with Crippen molar-refractivity contribution in [3.8, 4) is 6.07 Å². The van der Waals surface area contributed by atoms with Gasteiger partial charge in [-0.2, -0.15) is 5.26 Å². The summed E-state index contributed by atoms with van der Waals surface area (Å²) in [4.78, 5) is 0. The highest BCUT2D eigenvalue weighted by Crippen LogP contribution is 2.22. The highest BCUT2D eigenvalue weighted by molar-refractivity contribution is 9.08. The van der Waals surface area contributed by atoms with Crippen LogP contribution in [0.25, 0.3) is 0 Å². The molecule has 0 spiro atoms. The zero-order valence-electron chi connectivity index (χ0n) is 5.94. The van der Waals surface area contributed by atoms with Crippen molar-refractivity contribution < 1.29 is 4.39 Å². The molecule has 1 rings (SSSR count). The first-order valence-electron chi connectivity index (χ1n) is 3.13. The first-order chi connectivity index (χ1) is 5.70. The molecule has 0 bridgehead atoms. The summed E-state index contributed by atoms with van der Waals surface area (Å²) in [6.07, 6.45) is 0. The van der Waals surface area contributed by atoms with Gasteiger partial charge in [-0.1, -0.05) is 33.6 Å². The van der Waals surface area contributed by atoms with Crippen molar-refractivity contribution in [2.45, 2.75) is 5.33 Å². The lowest BCUT2D eigenvalue weighted by molar-refractivity contribution is 0.614. The van der Waals surface area contributed by atoms with Crippen LogP contribution in [-0.4, -0.2) is 0 Å². The molecule has 0 heterocycles. The van der Waals surface area contributed by atoms with Crippen LogP contribution in [0.15, 0.2) is 12.1 Å². The summed E-state index contributed by atoms with van der Waals surface area (Å²) in [5.41, 5.74) is 0.351. The van der Waals surface area contributed by atoms with Gasteiger partial charge in [0.1, 0.15) is 17.4 Å². The molecule has 0 amide bonds. The van der Waals surface area contributed by atoms with Crippen LogP contribution in [0.5, 0.6) is 0 Å². The van der Waals surface area contributed by atoms with Gasteiger partial charge in [-0.3, -0.25) is 0 Å². The fraction of sp³-hybridized carbons (Fsp3) is 0.125. The highest BCUT2D eigenvalue weighted by Gasteiger charge is 2.10. The van der Waals surface area contributed by atoms with Gasteiger partial charge < -0.3 is 0 Å². The number of nitrogens with zero attached hydrogens (tertiary/aromatic N) is 1. The van der Waals surface area contributed by atoms with Crippen molar-refractivity contribution >= 4 is 27.5 Å². The smallest absolute Gasteiger partial charge is 0.146 e. The van der Waals surface area contributed by atoms with E-state index in [2.05, 4.69) is 15.9 Å². The van der Waals surface area contributed by atoms with E-state index in [-0.39, 0.29) is 10.6 Å². The Balaban J connectivity index is 3.36. The van der Waals surface area contributed by atoms with Crippen molar-refractivity contribution in [2.24, 2.45) is 0 Å². The lowest BCUT2D eigenvalue weighted by Crippen LogP contribution is -1.91. The first-order valence-corrected chi connectivity index (χ1v) is 4.63. The number of halogens is 3. The number of benzene rings is 1. The van der Waals surface area contributed by atoms with Gasteiger partial charge in [-0.25, -0.2) is 4.39 Å². The molecule has 0 aromatic heterocycles. The Morgan fingerprint density at radius 3 is 2.75 bits per heavy atom. The second-order valence-corrected chi connectivity index (χ2v) is 3.11. The summed E-state index contributed by atoms with van der Waals surface area (Å²) >= 11 is 8.68. The van der Waals surface area contributed by atoms with E-state index in [0.29, 0.717) is 10.9 Å². The molecule has 0 aliphatic carbocycles. The minimum Gasteiger partial charge on any atom is -0.205 e. The third kappa shape index (κ3) is 1.60. The topological polar surface area (TPSA) is 23.8 Å². The number of nitriles is 1. The monoisotopic (exact) mass is 247 g/mol. The summed E-state index contributed by atoms with van der Waals surface area (Å²) < 4.78 is 13.2. The van der Waals surface area contributed by atoms with Gasteiger partial charge in [0.25, 0.3) is 0 Å². The van der Waals surface area contributed by atoms with Crippen molar-refractivity contribution in [3.63, 3.8) is 0 Å².